The van der Waals surface area contributed by atoms with Crippen molar-refractivity contribution in [1.29, 1.82) is 0 Å². The van der Waals surface area contributed by atoms with Gasteiger partial charge in [-0.3, -0.25) is 4.79 Å². The standard InChI is InChI=1S/C16H28N2O5/c1-5-11(3)13(15(20)22-4)17-16(21)18-9-7-12(8-10-18)14(19)23-6-2/h11-13H,5-10H2,1-4H3,(H,17,21)/t11?,13-/m0/s1. The van der Waals surface area contributed by atoms with E-state index in [1.165, 1.54) is 7.11 Å². The summed E-state index contributed by atoms with van der Waals surface area (Å²) in [6.45, 7) is 6.96. The summed E-state index contributed by atoms with van der Waals surface area (Å²) in [6.07, 6.45) is 1.92. The second-order valence-electron chi connectivity index (χ2n) is 5.85. The van der Waals surface area contributed by atoms with Gasteiger partial charge in [-0.25, -0.2) is 9.59 Å². The first-order valence-corrected chi connectivity index (χ1v) is 8.24. The maximum Gasteiger partial charge on any atom is 0.328 e. The maximum atomic E-state index is 12.3. The van der Waals surface area contributed by atoms with Crippen LogP contribution in [0, 0.1) is 11.8 Å². The molecule has 23 heavy (non-hydrogen) atoms. The Hall–Kier alpha value is -1.79. The van der Waals surface area contributed by atoms with E-state index in [2.05, 4.69) is 5.32 Å². The van der Waals surface area contributed by atoms with Crippen LogP contribution in [0.3, 0.4) is 0 Å². The second kappa shape index (κ2) is 9.37. The van der Waals surface area contributed by atoms with Crippen molar-refractivity contribution in [2.75, 3.05) is 26.8 Å². The molecule has 0 aromatic rings. The normalized spacial score (nSPS) is 18.0. The molecule has 0 aromatic carbocycles. The molecule has 0 aromatic heterocycles. The Morgan fingerprint density at radius 2 is 1.83 bits per heavy atom. The van der Waals surface area contributed by atoms with Crippen molar-refractivity contribution in [3.63, 3.8) is 0 Å². The topological polar surface area (TPSA) is 84.9 Å². The van der Waals surface area contributed by atoms with Crippen molar-refractivity contribution >= 4 is 18.0 Å². The van der Waals surface area contributed by atoms with Gasteiger partial charge in [-0.2, -0.15) is 0 Å². The van der Waals surface area contributed by atoms with E-state index >= 15 is 0 Å². The maximum absolute atomic E-state index is 12.3. The highest BCUT2D eigenvalue weighted by Crippen LogP contribution is 2.19. The average molecular weight is 328 g/mol. The zero-order valence-corrected chi connectivity index (χ0v) is 14.5. The minimum Gasteiger partial charge on any atom is -0.467 e. The van der Waals surface area contributed by atoms with Gasteiger partial charge in [0.05, 0.1) is 19.6 Å². The number of rotatable bonds is 6. The number of hydrogen-bond donors (Lipinski definition) is 1. The zero-order valence-electron chi connectivity index (χ0n) is 14.5. The Morgan fingerprint density at radius 3 is 2.30 bits per heavy atom. The van der Waals surface area contributed by atoms with E-state index in [4.69, 9.17) is 9.47 Å². The summed E-state index contributed by atoms with van der Waals surface area (Å²) in [4.78, 5) is 37.5. The molecular formula is C16H28N2O5. The summed E-state index contributed by atoms with van der Waals surface area (Å²) in [5.41, 5.74) is 0. The van der Waals surface area contributed by atoms with E-state index < -0.39 is 12.0 Å². The molecule has 1 aliphatic rings. The van der Waals surface area contributed by atoms with Gasteiger partial charge < -0.3 is 19.7 Å². The second-order valence-corrected chi connectivity index (χ2v) is 5.85. The fourth-order valence-corrected chi connectivity index (χ4v) is 2.60. The molecule has 1 N–H and O–H groups in total. The molecule has 132 valence electrons. The quantitative estimate of drug-likeness (QED) is 0.748. The van der Waals surface area contributed by atoms with Crippen LogP contribution in [0.15, 0.2) is 0 Å². The van der Waals surface area contributed by atoms with Crippen LogP contribution in [0.2, 0.25) is 0 Å². The number of amides is 2. The van der Waals surface area contributed by atoms with E-state index in [1.807, 2.05) is 13.8 Å². The van der Waals surface area contributed by atoms with Gasteiger partial charge in [0, 0.05) is 13.1 Å². The summed E-state index contributed by atoms with van der Waals surface area (Å²) < 4.78 is 9.78. The first-order valence-electron chi connectivity index (χ1n) is 8.24. The van der Waals surface area contributed by atoms with Gasteiger partial charge in [0.15, 0.2) is 0 Å². The van der Waals surface area contributed by atoms with Crippen LogP contribution in [0.4, 0.5) is 4.79 Å². The Bertz CT molecular complexity index is 419. The smallest absolute Gasteiger partial charge is 0.328 e. The van der Waals surface area contributed by atoms with Crippen molar-refractivity contribution in [2.24, 2.45) is 11.8 Å². The minimum absolute atomic E-state index is 0.0107. The summed E-state index contributed by atoms with van der Waals surface area (Å²) in [6, 6.07) is -0.941. The summed E-state index contributed by atoms with van der Waals surface area (Å²) in [7, 11) is 1.31. The van der Waals surface area contributed by atoms with Crippen LogP contribution in [0.1, 0.15) is 40.0 Å². The van der Waals surface area contributed by atoms with E-state index in [-0.39, 0.29) is 23.8 Å². The van der Waals surface area contributed by atoms with E-state index in [0.717, 1.165) is 6.42 Å². The summed E-state index contributed by atoms with van der Waals surface area (Å²) in [5, 5.41) is 2.75. The third-order valence-electron chi connectivity index (χ3n) is 4.35. The number of carbonyl (C=O) groups excluding carboxylic acids is 3. The fourth-order valence-electron chi connectivity index (χ4n) is 2.60. The Labute approximate surface area is 137 Å². The lowest BCUT2D eigenvalue weighted by Gasteiger charge is -2.32. The van der Waals surface area contributed by atoms with Crippen molar-refractivity contribution in [3.05, 3.63) is 0 Å². The van der Waals surface area contributed by atoms with Crippen LogP contribution >= 0.6 is 0 Å². The van der Waals surface area contributed by atoms with Crippen LogP contribution in [-0.2, 0) is 19.1 Å². The molecule has 1 rings (SSSR count). The van der Waals surface area contributed by atoms with Crippen molar-refractivity contribution in [1.82, 2.24) is 10.2 Å². The number of methoxy groups -OCH3 is 1. The zero-order chi connectivity index (χ0) is 17.4. The molecule has 0 spiro atoms. The van der Waals surface area contributed by atoms with Gasteiger partial charge in [-0.15, -0.1) is 0 Å². The van der Waals surface area contributed by atoms with Crippen LogP contribution in [0.25, 0.3) is 0 Å². The molecule has 0 radical (unpaired) electrons. The number of carbonyl (C=O) groups is 3. The molecule has 1 unspecified atom stereocenters. The number of likely N-dealkylation sites (tertiary alicyclic amines) is 1. The lowest BCUT2D eigenvalue weighted by molar-refractivity contribution is -0.149. The Balaban J connectivity index is 2.55. The molecule has 2 amide bonds. The molecular weight excluding hydrogens is 300 g/mol. The van der Waals surface area contributed by atoms with Gasteiger partial charge in [-0.05, 0) is 25.7 Å². The summed E-state index contributed by atoms with van der Waals surface area (Å²) >= 11 is 0. The predicted octanol–water partition coefficient (Wildman–Crippen LogP) is 1.56. The number of esters is 2. The fraction of sp³-hybridized carbons (Fsp3) is 0.812. The number of ether oxygens (including phenoxy) is 2. The van der Waals surface area contributed by atoms with Crippen LogP contribution < -0.4 is 5.32 Å². The number of piperidine rings is 1. The highest BCUT2D eigenvalue weighted by atomic mass is 16.5. The van der Waals surface area contributed by atoms with Gasteiger partial charge in [0.25, 0.3) is 0 Å². The van der Waals surface area contributed by atoms with Gasteiger partial charge in [0.1, 0.15) is 6.04 Å². The van der Waals surface area contributed by atoms with Crippen LogP contribution in [0.5, 0.6) is 0 Å². The van der Waals surface area contributed by atoms with Crippen LogP contribution in [-0.4, -0.2) is 55.7 Å². The molecule has 7 heteroatoms. The van der Waals surface area contributed by atoms with E-state index in [9.17, 15) is 14.4 Å². The highest BCUT2D eigenvalue weighted by molar-refractivity contribution is 5.84. The third-order valence-corrected chi connectivity index (χ3v) is 4.35. The van der Waals surface area contributed by atoms with E-state index in [1.54, 1.807) is 11.8 Å². The molecule has 1 aliphatic heterocycles. The lowest BCUT2D eigenvalue weighted by atomic mass is 9.97. The van der Waals surface area contributed by atoms with Crippen molar-refractivity contribution in [2.45, 2.75) is 46.1 Å². The molecule has 0 saturated carbocycles. The largest absolute Gasteiger partial charge is 0.467 e. The highest BCUT2D eigenvalue weighted by Gasteiger charge is 2.32. The number of nitrogens with zero attached hydrogens (tertiary/aromatic N) is 1. The third kappa shape index (κ3) is 5.41. The van der Waals surface area contributed by atoms with E-state index in [0.29, 0.717) is 32.5 Å². The molecule has 1 heterocycles. The Morgan fingerprint density at radius 1 is 1.22 bits per heavy atom. The molecule has 0 aliphatic carbocycles. The van der Waals surface area contributed by atoms with Crippen molar-refractivity contribution in [3.8, 4) is 0 Å². The monoisotopic (exact) mass is 328 g/mol. The van der Waals surface area contributed by atoms with Crippen molar-refractivity contribution < 1.29 is 23.9 Å². The molecule has 7 nitrogen and oxygen atoms in total. The van der Waals surface area contributed by atoms with Gasteiger partial charge in [-0.1, -0.05) is 20.3 Å². The molecule has 1 saturated heterocycles. The lowest BCUT2D eigenvalue weighted by Crippen LogP contribution is -2.53. The first-order chi connectivity index (χ1) is 10.9. The SMILES string of the molecule is CCOC(=O)C1CCN(C(=O)N[C@H](C(=O)OC)C(C)CC)CC1. The molecule has 2 atom stereocenters. The number of nitrogens with one attached hydrogen (secondary N) is 1. The average Bonchev–Trinajstić information content (AvgIpc) is 2.58. The minimum atomic E-state index is -0.653. The van der Waals surface area contributed by atoms with Gasteiger partial charge in [0.2, 0.25) is 0 Å². The first kappa shape index (κ1) is 19.3. The number of urea groups is 1. The summed E-state index contributed by atoms with van der Waals surface area (Å²) in [5.74, 6) is -0.790. The predicted molar refractivity (Wildman–Crippen MR) is 84.7 cm³/mol. The number of hydrogen-bond acceptors (Lipinski definition) is 5. The van der Waals surface area contributed by atoms with Gasteiger partial charge >= 0.3 is 18.0 Å². The Kier molecular flexibility index (Phi) is 7.85. The molecule has 1 fully saturated rings. The molecule has 0 bridgehead atoms.